The molecule has 18 heavy (non-hydrogen) atoms. The monoisotopic (exact) mass is 264 g/mol. The van der Waals surface area contributed by atoms with Crippen LogP contribution < -0.4 is 5.32 Å². The molecule has 0 saturated carbocycles. The largest absolute Gasteiger partial charge is 0.309 e. The summed E-state index contributed by atoms with van der Waals surface area (Å²) in [6.45, 7) is 7.43. The number of aryl methyl sites for hydroxylation is 1. The SMILES string of the molecule is CCCNC(C)c1csc(-c2cnn(C)c2C)n1. The third-order valence-electron chi connectivity index (χ3n) is 3.13. The number of hydrogen-bond acceptors (Lipinski definition) is 4. The zero-order chi connectivity index (χ0) is 13.1. The minimum atomic E-state index is 0.312. The van der Waals surface area contributed by atoms with Gasteiger partial charge >= 0.3 is 0 Å². The van der Waals surface area contributed by atoms with Crippen LogP contribution in [0.3, 0.4) is 0 Å². The average Bonchev–Trinajstić information content (AvgIpc) is 2.95. The lowest BCUT2D eigenvalue weighted by atomic mass is 10.2. The molecule has 0 spiro atoms. The lowest BCUT2D eigenvalue weighted by molar-refractivity contribution is 0.561. The van der Waals surface area contributed by atoms with Crippen LogP contribution in [0, 0.1) is 6.92 Å². The zero-order valence-corrected chi connectivity index (χ0v) is 12.2. The van der Waals surface area contributed by atoms with Crippen LogP contribution in [-0.4, -0.2) is 21.3 Å². The summed E-state index contributed by atoms with van der Waals surface area (Å²) in [5.74, 6) is 0. The number of hydrogen-bond donors (Lipinski definition) is 1. The van der Waals surface area contributed by atoms with Gasteiger partial charge in [-0.1, -0.05) is 6.92 Å². The molecular formula is C13H20N4S. The Kier molecular flexibility index (Phi) is 4.14. The summed E-state index contributed by atoms with van der Waals surface area (Å²) in [7, 11) is 1.96. The molecule has 2 aromatic rings. The third-order valence-corrected chi connectivity index (χ3v) is 4.03. The molecule has 2 heterocycles. The Morgan fingerprint density at radius 2 is 2.28 bits per heavy atom. The van der Waals surface area contributed by atoms with E-state index in [4.69, 9.17) is 4.98 Å². The second kappa shape index (κ2) is 5.63. The van der Waals surface area contributed by atoms with Crippen molar-refractivity contribution in [2.24, 2.45) is 7.05 Å². The molecule has 0 aliphatic heterocycles. The fourth-order valence-corrected chi connectivity index (χ4v) is 2.76. The molecule has 1 unspecified atom stereocenters. The van der Waals surface area contributed by atoms with E-state index in [0.717, 1.165) is 34.9 Å². The van der Waals surface area contributed by atoms with Crippen molar-refractivity contribution in [3.8, 4) is 10.6 Å². The minimum Gasteiger partial charge on any atom is -0.309 e. The molecule has 98 valence electrons. The van der Waals surface area contributed by atoms with Gasteiger partial charge < -0.3 is 5.32 Å². The highest BCUT2D eigenvalue weighted by Gasteiger charge is 2.13. The molecule has 0 fully saturated rings. The highest BCUT2D eigenvalue weighted by molar-refractivity contribution is 7.13. The van der Waals surface area contributed by atoms with Gasteiger partial charge in [-0.05, 0) is 26.8 Å². The molecule has 2 aromatic heterocycles. The van der Waals surface area contributed by atoms with Gasteiger partial charge in [0, 0.05) is 24.2 Å². The quantitative estimate of drug-likeness (QED) is 0.903. The molecule has 0 aliphatic carbocycles. The second-order valence-corrected chi connectivity index (χ2v) is 5.38. The summed E-state index contributed by atoms with van der Waals surface area (Å²) >= 11 is 1.69. The number of thiazole rings is 1. The van der Waals surface area contributed by atoms with E-state index < -0.39 is 0 Å². The number of rotatable bonds is 5. The highest BCUT2D eigenvalue weighted by Crippen LogP contribution is 2.28. The normalized spacial score (nSPS) is 12.9. The van der Waals surface area contributed by atoms with Gasteiger partial charge in [-0.2, -0.15) is 5.10 Å². The molecule has 0 amide bonds. The molecule has 4 nitrogen and oxygen atoms in total. The molecular weight excluding hydrogens is 244 g/mol. The molecule has 1 N–H and O–H groups in total. The Bertz CT molecular complexity index is 515. The summed E-state index contributed by atoms with van der Waals surface area (Å²) in [5.41, 5.74) is 3.41. The Labute approximate surface area is 112 Å². The molecule has 5 heteroatoms. The smallest absolute Gasteiger partial charge is 0.127 e. The summed E-state index contributed by atoms with van der Waals surface area (Å²) in [5, 5.41) is 10.9. The topological polar surface area (TPSA) is 42.7 Å². The lowest BCUT2D eigenvalue weighted by Gasteiger charge is -2.09. The van der Waals surface area contributed by atoms with Crippen molar-refractivity contribution in [1.29, 1.82) is 0 Å². The average molecular weight is 264 g/mol. The van der Waals surface area contributed by atoms with Gasteiger partial charge in [0.1, 0.15) is 5.01 Å². The molecule has 0 aromatic carbocycles. The maximum Gasteiger partial charge on any atom is 0.127 e. The summed E-state index contributed by atoms with van der Waals surface area (Å²) < 4.78 is 1.88. The molecule has 1 atom stereocenters. The Hall–Kier alpha value is -1.20. The highest BCUT2D eigenvalue weighted by atomic mass is 32.1. The van der Waals surface area contributed by atoms with Gasteiger partial charge in [0.2, 0.25) is 0 Å². The number of aromatic nitrogens is 3. The molecule has 0 bridgehead atoms. The van der Waals surface area contributed by atoms with E-state index in [1.165, 1.54) is 0 Å². The summed E-state index contributed by atoms with van der Waals surface area (Å²) in [4.78, 5) is 4.71. The minimum absolute atomic E-state index is 0.312. The first-order valence-corrected chi connectivity index (χ1v) is 7.19. The molecule has 2 rings (SSSR count). The Morgan fingerprint density at radius 3 is 2.89 bits per heavy atom. The van der Waals surface area contributed by atoms with Crippen LogP contribution in [0.2, 0.25) is 0 Å². The first-order valence-electron chi connectivity index (χ1n) is 6.31. The van der Waals surface area contributed by atoms with Crippen molar-refractivity contribution in [2.75, 3.05) is 6.54 Å². The van der Waals surface area contributed by atoms with Gasteiger partial charge in [-0.25, -0.2) is 4.98 Å². The fourth-order valence-electron chi connectivity index (χ4n) is 1.78. The van der Waals surface area contributed by atoms with Crippen LogP contribution in [0.25, 0.3) is 10.6 Å². The van der Waals surface area contributed by atoms with Crippen LogP contribution in [0.4, 0.5) is 0 Å². The predicted octanol–water partition coefficient (Wildman–Crippen LogP) is 2.91. The van der Waals surface area contributed by atoms with E-state index in [1.54, 1.807) is 11.3 Å². The first-order chi connectivity index (χ1) is 8.63. The van der Waals surface area contributed by atoms with Crippen molar-refractivity contribution in [3.63, 3.8) is 0 Å². The van der Waals surface area contributed by atoms with E-state index >= 15 is 0 Å². The maximum atomic E-state index is 4.71. The Morgan fingerprint density at radius 1 is 1.50 bits per heavy atom. The molecule has 0 radical (unpaired) electrons. The fraction of sp³-hybridized carbons (Fsp3) is 0.538. The zero-order valence-electron chi connectivity index (χ0n) is 11.4. The standard InChI is InChI=1S/C13H20N4S/c1-5-6-14-9(2)12-8-18-13(16-12)11-7-15-17(4)10(11)3/h7-9,14H,5-6H2,1-4H3. The predicted molar refractivity (Wildman–Crippen MR) is 75.8 cm³/mol. The summed E-state index contributed by atoms with van der Waals surface area (Å²) in [6, 6.07) is 0.312. The van der Waals surface area contributed by atoms with Crippen LogP contribution in [-0.2, 0) is 7.05 Å². The second-order valence-electron chi connectivity index (χ2n) is 4.52. The summed E-state index contributed by atoms with van der Waals surface area (Å²) in [6.07, 6.45) is 3.03. The van der Waals surface area contributed by atoms with Gasteiger partial charge in [-0.15, -0.1) is 11.3 Å². The van der Waals surface area contributed by atoms with Crippen molar-refractivity contribution in [3.05, 3.63) is 23.0 Å². The van der Waals surface area contributed by atoms with Crippen molar-refractivity contribution >= 4 is 11.3 Å². The van der Waals surface area contributed by atoms with E-state index in [-0.39, 0.29) is 0 Å². The van der Waals surface area contributed by atoms with Crippen LogP contribution >= 0.6 is 11.3 Å². The lowest BCUT2D eigenvalue weighted by Crippen LogP contribution is -2.19. The van der Waals surface area contributed by atoms with Gasteiger partial charge in [-0.3, -0.25) is 4.68 Å². The number of nitrogens with one attached hydrogen (secondary N) is 1. The van der Waals surface area contributed by atoms with Gasteiger partial charge in [0.05, 0.1) is 17.5 Å². The van der Waals surface area contributed by atoms with Crippen LogP contribution in [0.5, 0.6) is 0 Å². The molecule has 0 aliphatic rings. The third kappa shape index (κ3) is 2.62. The van der Waals surface area contributed by atoms with Crippen molar-refractivity contribution < 1.29 is 0 Å². The van der Waals surface area contributed by atoms with E-state index in [1.807, 2.05) is 17.9 Å². The Balaban J connectivity index is 2.17. The maximum absolute atomic E-state index is 4.71. The van der Waals surface area contributed by atoms with Crippen molar-refractivity contribution in [2.45, 2.75) is 33.2 Å². The van der Waals surface area contributed by atoms with E-state index in [0.29, 0.717) is 6.04 Å². The van der Waals surface area contributed by atoms with Crippen molar-refractivity contribution in [1.82, 2.24) is 20.1 Å². The van der Waals surface area contributed by atoms with E-state index in [9.17, 15) is 0 Å². The van der Waals surface area contributed by atoms with Gasteiger partial charge in [0.15, 0.2) is 0 Å². The van der Waals surface area contributed by atoms with Crippen LogP contribution in [0.15, 0.2) is 11.6 Å². The molecule has 0 saturated heterocycles. The first kappa shape index (κ1) is 13.2. The number of nitrogens with zero attached hydrogens (tertiary/aromatic N) is 3. The van der Waals surface area contributed by atoms with Crippen LogP contribution in [0.1, 0.15) is 37.7 Å². The van der Waals surface area contributed by atoms with E-state index in [2.05, 4.69) is 36.6 Å². The van der Waals surface area contributed by atoms with Gasteiger partial charge in [0.25, 0.3) is 0 Å².